The van der Waals surface area contributed by atoms with E-state index in [0.29, 0.717) is 26.1 Å². The summed E-state index contributed by atoms with van der Waals surface area (Å²) in [6.45, 7) is 1.27. The molecular weight excluding hydrogens is 260 g/mol. The Bertz CT molecular complexity index is 457. The highest BCUT2D eigenvalue weighted by atomic mass is 16.5. The van der Waals surface area contributed by atoms with E-state index in [2.05, 4.69) is 0 Å². The van der Waals surface area contributed by atoms with Gasteiger partial charge in [0.25, 0.3) is 11.8 Å². The van der Waals surface area contributed by atoms with E-state index >= 15 is 0 Å². The Hall–Kier alpha value is -1.92. The van der Waals surface area contributed by atoms with Crippen molar-refractivity contribution in [1.29, 1.82) is 0 Å². The molecule has 6 heteroatoms. The molecule has 2 N–H and O–H groups in total. The summed E-state index contributed by atoms with van der Waals surface area (Å²) in [4.78, 5) is 24.2. The lowest BCUT2D eigenvalue weighted by molar-refractivity contribution is -0.158. The first-order chi connectivity index (χ1) is 9.70. The summed E-state index contributed by atoms with van der Waals surface area (Å²) in [5, 5.41) is 0. The van der Waals surface area contributed by atoms with E-state index in [9.17, 15) is 9.59 Å². The third-order valence-corrected chi connectivity index (χ3v) is 3.01. The normalized spacial score (nSPS) is 15.6. The molecule has 108 valence electrons. The minimum Gasteiger partial charge on any atom is -0.494 e. The van der Waals surface area contributed by atoms with Gasteiger partial charge in [0.15, 0.2) is 0 Å². The summed E-state index contributed by atoms with van der Waals surface area (Å²) >= 11 is 0. The Balaban J connectivity index is 1.72. The summed E-state index contributed by atoms with van der Waals surface area (Å²) in [5.41, 5.74) is 6.55. The van der Waals surface area contributed by atoms with Crippen molar-refractivity contribution in [2.24, 2.45) is 5.73 Å². The number of hydrogen-bond acceptors (Lipinski definition) is 5. The number of ether oxygens (including phenoxy) is 2. The van der Waals surface area contributed by atoms with E-state index in [1.807, 2.05) is 24.3 Å². The maximum Gasteiger partial charge on any atom is 0.255 e. The predicted octanol–water partition coefficient (Wildman–Crippen LogP) is 0.300. The summed E-state index contributed by atoms with van der Waals surface area (Å²) in [6, 6.07) is 7.52. The van der Waals surface area contributed by atoms with Crippen molar-refractivity contribution in [1.82, 2.24) is 4.90 Å². The Kier molecular flexibility index (Phi) is 5.09. The van der Waals surface area contributed by atoms with Crippen LogP contribution in [0.3, 0.4) is 0 Å². The molecule has 0 atom stereocenters. The molecule has 1 aliphatic heterocycles. The van der Waals surface area contributed by atoms with Crippen LogP contribution in [0.1, 0.15) is 12.0 Å². The van der Waals surface area contributed by atoms with E-state index in [1.54, 1.807) is 0 Å². The standard InChI is InChI=1S/C14H18N2O4/c15-8-11-2-4-12(5-3-11)20-7-1-6-16-13(17)9-19-10-14(16)18/h2-5H,1,6-10,15H2. The van der Waals surface area contributed by atoms with Crippen LogP contribution in [-0.2, 0) is 20.9 Å². The van der Waals surface area contributed by atoms with Crippen LogP contribution in [0, 0.1) is 0 Å². The van der Waals surface area contributed by atoms with Crippen molar-refractivity contribution in [3.8, 4) is 5.75 Å². The van der Waals surface area contributed by atoms with Gasteiger partial charge in [-0.05, 0) is 24.1 Å². The summed E-state index contributed by atoms with van der Waals surface area (Å²) in [5.74, 6) is 0.184. The molecule has 1 heterocycles. The van der Waals surface area contributed by atoms with Gasteiger partial charge in [-0.15, -0.1) is 0 Å². The van der Waals surface area contributed by atoms with Crippen LogP contribution in [0.5, 0.6) is 5.75 Å². The van der Waals surface area contributed by atoms with E-state index in [4.69, 9.17) is 15.2 Å². The highest BCUT2D eigenvalue weighted by molar-refractivity contribution is 5.98. The quantitative estimate of drug-likeness (QED) is 0.598. The highest BCUT2D eigenvalue weighted by Crippen LogP contribution is 2.12. The van der Waals surface area contributed by atoms with Gasteiger partial charge in [0.2, 0.25) is 0 Å². The lowest BCUT2D eigenvalue weighted by Crippen LogP contribution is -2.46. The van der Waals surface area contributed by atoms with Crippen LogP contribution in [0.2, 0.25) is 0 Å². The first-order valence-electron chi connectivity index (χ1n) is 6.53. The maximum atomic E-state index is 11.5. The molecule has 1 saturated heterocycles. The molecule has 0 bridgehead atoms. The van der Waals surface area contributed by atoms with Crippen molar-refractivity contribution in [3.05, 3.63) is 29.8 Å². The molecule has 1 fully saturated rings. The second-order valence-corrected chi connectivity index (χ2v) is 4.48. The van der Waals surface area contributed by atoms with E-state index in [1.165, 1.54) is 4.90 Å². The summed E-state index contributed by atoms with van der Waals surface area (Å²) < 4.78 is 10.4. The van der Waals surface area contributed by atoms with E-state index in [0.717, 1.165) is 11.3 Å². The van der Waals surface area contributed by atoms with Gasteiger partial charge in [-0.3, -0.25) is 14.5 Å². The van der Waals surface area contributed by atoms with Crippen LogP contribution in [0.4, 0.5) is 0 Å². The molecule has 0 aliphatic carbocycles. The van der Waals surface area contributed by atoms with Gasteiger partial charge in [-0.25, -0.2) is 0 Å². The summed E-state index contributed by atoms with van der Waals surface area (Å²) in [6.07, 6.45) is 0.593. The molecule has 1 aromatic rings. The monoisotopic (exact) mass is 278 g/mol. The third kappa shape index (κ3) is 3.79. The lowest BCUT2D eigenvalue weighted by atomic mass is 10.2. The lowest BCUT2D eigenvalue weighted by Gasteiger charge is -2.24. The molecule has 2 amide bonds. The number of rotatable bonds is 6. The first kappa shape index (κ1) is 14.5. The molecule has 0 saturated carbocycles. The number of benzene rings is 1. The zero-order chi connectivity index (χ0) is 14.4. The van der Waals surface area contributed by atoms with Crippen LogP contribution in [-0.4, -0.2) is 43.1 Å². The van der Waals surface area contributed by atoms with Gasteiger partial charge >= 0.3 is 0 Å². The largest absolute Gasteiger partial charge is 0.494 e. The second-order valence-electron chi connectivity index (χ2n) is 4.48. The number of carbonyl (C=O) groups excluding carboxylic acids is 2. The van der Waals surface area contributed by atoms with Crippen LogP contribution >= 0.6 is 0 Å². The number of hydrogen-bond donors (Lipinski definition) is 1. The minimum atomic E-state index is -0.284. The molecule has 2 rings (SSSR count). The Morgan fingerprint density at radius 2 is 1.80 bits per heavy atom. The number of nitrogens with two attached hydrogens (primary N) is 1. The Morgan fingerprint density at radius 1 is 1.15 bits per heavy atom. The third-order valence-electron chi connectivity index (χ3n) is 3.01. The van der Waals surface area contributed by atoms with E-state index < -0.39 is 0 Å². The fraction of sp³-hybridized carbons (Fsp3) is 0.429. The average Bonchev–Trinajstić information content (AvgIpc) is 2.46. The second kappa shape index (κ2) is 7.02. The van der Waals surface area contributed by atoms with Gasteiger partial charge in [0.1, 0.15) is 19.0 Å². The minimum absolute atomic E-state index is 0.0207. The fourth-order valence-electron chi connectivity index (χ4n) is 1.90. The molecule has 0 aromatic heterocycles. The molecule has 0 spiro atoms. The van der Waals surface area contributed by atoms with Gasteiger partial charge < -0.3 is 15.2 Å². The fourth-order valence-corrected chi connectivity index (χ4v) is 1.90. The Labute approximate surface area is 117 Å². The van der Waals surface area contributed by atoms with Crippen molar-refractivity contribution < 1.29 is 19.1 Å². The molecule has 1 aliphatic rings. The van der Waals surface area contributed by atoms with Gasteiger partial charge in [0, 0.05) is 13.1 Å². The van der Waals surface area contributed by atoms with Crippen molar-refractivity contribution >= 4 is 11.8 Å². The Morgan fingerprint density at radius 3 is 2.40 bits per heavy atom. The highest BCUT2D eigenvalue weighted by Gasteiger charge is 2.25. The molecular formula is C14H18N2O4. The van der Waals surface area contributed by atoms with Crippen LogP contribution < -0.4 is 10.5 Å². The van der Waals surface area contributed by atoms with Gasteiger partial charge in [-0.1, -0.05) is 12.1 Å². The van der Waals surface area contributed by atoms with Crippen LogP contribution in [0.15, 0.2) is 24.3 Å². The first-order valence-corrected chi connectivity index (χ1v) is 6.53. The zero-order valence-electron chi connectivity index (χ0n) is 11.2. The van der Waals surface area contributed by atoms with Crippen LogP contribution in [0.25, 0.3) is 0 Å². The maximum absolute atomic E-state index is 11.5. The molecule has 0 radical (unpaired) electrons. The smallest absolute Gasteiger partial charge is 0.255 e. The number of nitrogens with zero attached hydrogens (tertiary/aromatic N) is 1. The molecule has 20 heavy (non-hydrogen) atoms. The number of amides is 2. The van der Waals surface area contributed by atoms with E-state index in [-0.39, 0.29) is 25.0 Å². The summed E-state index contributed by atoms with van der Waals surface area (Å²) in [7, 11) is 0. The number of carbonyl (C=O) groups is 2. The van der Waals surface area contributed by atoms with Crippen molar-refractivity contribution in [3.63, 3.8) is 0 Å². The number of morpholine rings is 1. The molecule has 1 aromatic carbocycles. The van der Waals surface area contributed by atoms with Crippen molar-refractivity contribution in [2.75, 3.05) is 26.4 Å². The predicted molar refractivity (Wildman–Crippen MR) is 72.0 cm³/mol. The topological polar surface area (TPSA) is 81.9 Å². The zero-order valence-corrected chi connectivity index (χ0v) is 11.2. The number of imide groups is 1. The van der Waals surface area contributed by atoms with Gasteiger partial charge in [-0.2, -0.15) is 0 Å². The average molecular weight is 278 g/mol. The molecule has 0 unspecified atom stereocenters. The van der Waals surface area contributed by atoms with Crippen molar-refractivity contribution in [2.45, 2.75) is 13.0 Å². The van der Waals surface area contributed by atoms with Gasteiger partial charge in [0.05, 0.1) is 6.61 Å². The molecule has 6 nitrogen and oxygen atoms in total. The SMILES string of the molecule is NCc1ccc(OCCCN2C(=O)COCC2=O)cc1.